The number of carbonyl (C=O) groups excluding carboxylic acids is 1. The molecule has 0 aromatic heterocycles. The van der Waals surface area contributed by atoms with E-state index in [4.69, 9.17) is 0 Å². The lowest BCUT2D eigenvalue weighted by Crippen LogP contribution is -2.32. The van der Waals surface area contributed by atoms with Gasteiger partial charge < -0.3 is 10.0 Å². The van der Waals surface area contributed by atoms with Crippen molar-refractivity contribution in [1.29, 1.82) is 0 Å². The molecule has 0 radical (unpaired) electrons. The number of carbonyl (C=O) groups is 1. The van der Waals surface area contributed by atoms with E-state index in [0.717, 1.165) is 25.9 Å². The van der Waals surface area contributed by atoms with Crippen LogP contribution < -0.4 is 0 Å². The van der Waals surface area contributed by atoms with Crippen LogP contribution in [0.15, 0.2) is 0 Å². The second-order valence-corrected chi connectivity index (χ2v) is 5.17. The van der Waals surface area contributed by atoms with Crippen LogP contribution in [0.5, 0.6) is 0 Å². The number of aliphatic hydroxyl groups is 1. The zero-order chi connectivity index (χ0) is 10.1. The van der Waals surface area contributed by atoms with Crippen molar-refractivity contribution < 1.29 is 9.90 Å². The van der Waals surface area contributed by atoms with Gasteiger partial charge in [-0.3, -0.25) is 4.79 Å². The molecule has 0 spiro atoms. The van der Waals surface area contributed by atoms with E-state index in [1.807, 2.05) is 11.2 Å². The summed E-state index contributed by atoms with van der Waals surface area (Å²) < 4.78 is 0. The van der Waals surface area contributed by atoms with Crippen LogP contribution in [-0.2, 0) is 4.79 Å². The van der Waals surface area contributed by atoms with Gasteiger partial charge in [0, 0.05) is 19.0 Å². The number of thioether (sulfide) groups is 1. The number of hydrogen-bond donors (Lipinski definition) is 1. The molecule has 3 atom stereocenters. The molecular formula is C10H17NO2S. The number of nitrogens with zero attached hydrogens (tertiary/aromatic N) is 1. The lowest BCUT2D eigenvalue weighted by molar-refractivity contribution is -0.127. The second kappa shape index (κ2) is 4.11. The average Bonchev–Trinajstić information content (AvgIpc) is 2.69. The number of aliphatic hydroxyl groups excluding tert-OH is 1. The Morgan fingerprint density at radius 2 is 2.29 bits per heavy atom. The molecule has 2 rings (SSSR count). The van der Waals surface area contributed by atoms with Gasteiger partial charge in [-0.1, -0.05) is 0 Å². The van der Waals surface area contributed by atoms with Gasteiger partial charge in [-0.2, -0.15) is 11.8 Å². The summed E-state index contributed by atoms with van der Waals surface area (Å²) in [6, 6.07) is 0. The van der Waals surface area contributed by atoms with Crippen molar-refractivity contribution in [2.75, 3.05) is 25.1 Å². The molecule has 1 aliphatic heterocycles. The van der Waals surface area contributed by atoms with E-state index in [0.29, 0.717) is 17.6 Å². The molecule has 0 aromatic carbocycles. The summed E-state index contributed by atoms with van der Waals surface area (Å²) >= 11 is 1.57. The Morgan fingerprint density at radius 1 is 1.50 bits per heavy atom. The predicted octanol–water partition coefficient (Wildman–Crippen LogP) is 0.579. The van der Waals surface area contributed by atoms with Gasteiger partial charge in [0.05, 0.1) is 11.9 Å². The van der Waals surface area contributed by atoms with E-state index >= 15 is 0 Å². The Balaban J connectivity index is 1.92. The minimum absolute atomic E-state index is 0.160. The van der Waals surface area contributed by atoms with Crippen LogP contribution in [0.1, 0.15) is 12.8 Å². The van der Waals surface area contributed by atoms with Crippen LogP contribution in [0.2, 0.25) is 0 Å². The van der Waals surface area contributed by atoms with Crippen LogP contribution in [0.25, 0.3) is 0 Å². The van der Waals surface area contributed by atoms with Gasteiger partial charge >= 0.3 is 0 Å². The molecule has 80 valence electrons. The first-order valence-corrected chi connectivity index (χ1v) is 6.56. The number of amides is 1. The normalized spacial score (nSPS) is 36.1. The summed E-state index contributed by atoms with van der Waals surface area (Å²) in [5.41, 5.74) is 0. The predicted molar refractivity (Wildman–Crippen MR) is 57.2 cm³/mol. The fourth-order valence-corrected chi connectivity index (χ4v) is 3.08. The molecule has 1 saturated carbocycles. The Labute approximate surface area is 88.9 Å². The summed E-state index contributed by atoms with van der Waals surface area (Å²) in [5, 5.41) is 9.69. The smallest absolute Gasteiger partial charge is 0.232 e. The molecule has 3 unspecified atom stereocenters. The standard InChI is InChI=1S/C10H17NO2S/c1-14-6-10(13)11-4-7-2-3-9(12)8(7)5-11/h7-9,12H,2-6H2,1H3. The van der Waals surface area contributed by atoms with Crippen LogP contribution in [0.3, 0.4) is 0 Å². The van der Waals surface area contributed by atoms with Gasteiger partial charge in [-0.05, 0) is 25.0 Å². The second-order valence-electron chi connectivity index (χ2n) is 4.30. The molecule has 4 heteroatoms. The van der Waals surface area contributed by atoms with Crippen LogP contribution in [0.4, 0.5) is 0 Å². The number of hydrogen-bond acceptors (Lipinski definition) is 3. The van der Waals surface area contributed by atoms with Gasteiger partial charge in [0.15, 0.2) is 0 Å². The lowest BCUT2D eigenvalue weighted by atomic mass is 10.00. The van der Waals surface area contributed by atoms with Crippen molar-refractivity contribution >= 4 is 17.7 Å². The third kappa shape index (κ3) is 1.77. The molecule has 1 aliphatic carbocycles. The maximum absolute atomic E-state index is 11.6. The van der Waals surface area contributed by atoms with Gasteiger partial charge in [0.1, 0.15) is 0 Å². The van der Waals surface area contributed by atoms with E-state index in [-0.39, 0.29) is 12.0 Å². The Hall–Kier alpha value is -0.220. The molecule has 0 aromatic rings. The topological polar surface area (TPSA) is 40.5 Å². The van der Waals surface area contributed by atoms with E-state index < -0.39 is 0 Å². The molecule has 1 amide bonds. The summed E-state index contributed by atoms with van der Waals surface area (Å²) in [5.74, 6) is 1.74. The van der Waals surface area contributed by atoms with Crippen molar-refractivity contribution in [2.24, 2.45) is 11.8 Å². The van der Waals surface area contributed by atoms with Crippen LogP contribution in [0, 0.1) is 11.8 Å². The Kier molecular flexibility index (Phi) is 3.02. The lowest BCUT2D eigenvalue weighted by Gasteiger charge is -2.17. The molecule has 1 heterocycles. The maximum Gasteiger partial charge on any atom is 0.232 e. The molecule has 3 nitrogen and oxygen atoms in total. The highest BCUT2D eigenvalue weighted by Crippen LogP contribution is 2.38. The first-order chi connectivity index (χ1) is 6.72. The van der Waals surface area contributed by atoms with Crippen molar-refractivity contribution in [1.82, 2.24) is 4.90 Å². The Bertz CT molecular complexity index is 234. The van der Waals surface area contributed by atoms with Crippen molar-refractivity contribution in [3.8, 4) is 0 Å². The van der Waals surface area contributed by atoms with E-state index in [2.05, 4.69) is 0 Å². The van der Waals surface area contributed by atoms with E-state index in [1.54, 1.807) is 11.8 Å². The fourth-order valence-electron chi connectivity index (χ4n) is 2.66. The summed E-state index contributed by atoms with van der Waals surface area (Å²) in [7, 11) is 0. The number of rotatable bonds is 2. The van der Waals surface area contributed by atoms with E-state index in [9.17, 15) is 9.90 Å². The van der Waals surface area contributed by atoms with Crippen molar-refractivity contribution in [3.63, 3.8) is 0 Å². The van der Waals surface area contributed by atoms with Gasteiger partial charge in [-0.25, -0.2) is 0 Å². The summed E-state index contributed by atoms with van der Waals surface area (Å²) in [6.07, 6.45) is 3.81. The largest absolute Gasteiger partial charge is 0.393 e. The quantitative estimate of drug-likeness (QED) is 0.732. The highest BCUT2D eigenvalue weighted by atomic mass is 32.2. The van der Waals surface area contributed by atoms with Gasteiger partial charge in [-0.15, -0.1) is 0 Å². The summed E-state index contributed by atoms with van der Waals surface area (Å²) in [4.78, 5) is 13.5. The maximum atomic E-state index is 11.6. The molecule has 14 heavy (non-hydrogen) atoms. The minimum atomic E-state index is -0.160. The van der Waals surface area contributed by atoms with Gasteiger partial charge in [0.2, 0.25) is 5.91 Å². The van der Waals surface area contributed by atoms with Crippen LogP contribution >= 0.6 is 11.8 Å². The first-order valence-electron chi connectivity index (χ1n) is 5.17. The highest BCUT2D eigenvalue weighted by Gasteiger charge is 2.42. The molecule has 1 N–H and O–H groups in total. The van der Waals surface area contributed by atoms with Crippen molar-refractivity contribution in [3.05, 3.63) is 0 Å². The zero-order valence-electron chi connectivity index (χ0n) is 8.48. The molecule has 0 bridgehead atoms. The highest BCUT2D eigenvalue weighted by molar-refractivity contribution is 7.99. The molecular weight excluding hydrogens is 198 g/mol. The number of likely N-dealkylation sites (tertiary alicyclic amines) is 1. The van der Waals surface area contributed by atoms with Crippen molar-refractivity contribution in [2.45, 2.75) is 18.9 Å². The third-order valence-corrected chi connectivity index (χ3v) is 3.98. The Morgan fingerprint density at radius 3 is 2.93 bits per heavy atom. The fraction of sp³-hybridized carbons (Fsp3) is 0.900. The molecule has 2 fully saturated rings. The average molecular weight is 215 g/mol. The summed E-state index contributed by atoms with van der Waals surface area (Å²) in [6.45, 7) is 1.66. The SMILES string of the molecule is CSCC(=O)N1CC2CCC(O)C2C1. The van der Waals surface area contributed by atoms with Gasteiger partial charge in [0.25, 0.3) is 0 Å². The first kappa shape index (κ1) is 10.3. The third-order valence-electron chi connectivity index (χ3n) is 3.44. The van der Waals surface area contributed by atoms with E-state index in [1.165, 1.54) is 0 Å². The minimum Gasteiger partial charge on any atom is -0.393 e. The molecule has 2 aliphatic rings. The monoisotopic (exact) mass is 215 g/mol. The number of fused-ring (bicyclic) bond motifs is 1. The zero-order valence-corrected chi connectivity index (χ0v) is 9.30. The van der Waals surface area contributed by atoms with Crippen LogP contribution in [-0.4, -0.2) is 47.1 Å². The molecule has 1 saturated heterocycles.